The summed E-state index contributed by atoms with van der Waals surface area (Å²) < 4.78 is 27.5. The van der Waals surface area contributed by atoms with Gasteiger partial charge in [0.05, 0.1) is 0 Å². The van der Waals surface area contributed by atoms with Crippen LogP contribution in [0, 0.1) is 34.0 Å². The summed E-state index contributed by atoms with van der Waals surface area (Å²) in [6.07, 6.45) is 21.1. The maximum atomic E-state index is 5.58. The van der Waals surface area contributed by atoms with Crippen LogP contribution in [-0.4, -0.2) is 172 Å². The molecule has 1 unspecified atom stereocenters. The van der Waals surface area contributed by atoms with E-state index in [1.165, 1.54) is 110 Å². The third-order valence-electron chi connectivity index (χ3n) is 20.5. The van der Waals surface area contributed by atoms with Crippen molar-refractivity contribution in [1.29, 1.82) is 0 Å². The zero-order valence-corrected chi connectivity index (χ0v) is 53.8. The molecule has 3 atom stereocenters. The lowest BCUT2D eigenvalue weighted by Gasteiger charge is -2.49. The number of likely N-dealkylation sites (tertiary alicyclic amines) is 3. The Labute approximate surface area is 471 Å². The quantitative estimate of drug-likeness (QED) is 0.275. The fraction of sp³-hybridized carbons (Fsp3) is 0.939. The second kappa shape index (κ2) is 30.4. The smallest absolute Gasteiger partial charge is 0.0486 e. The molecule has 0 saturated carbocycles. The van der Waals surface area contributed by atoms with E-state index in [2.05, 4.69) is 141 Å². The molecule has 76 heavy (non-hydrogen) atoms. The molecule has 8 saturated heterocycles. The zero-order chi connectivity index (χ0) is 56.5. The zero-order valence-electron chi connectivity index (χ0n) is 53.8. The molecule has 10 heterocycles. The van der Waals surface area contributed by atoms with Crippen molar-refractivity contribution in [3.05, 3.63) is 23.3 Å². The van der Waals surface area contributed by atoms with Gasteiger partial charge in [0.25, 0.3) is 0 Å². The minimum absolute atomic E-state index is 0.260. The van der Waals surface area contributed by atoms with Gasteiger partial charge in [0.2, 0.25) is 0 Å². The van der Waals surface area contributed by atoms with Gasteiger partial charge in [-0.25, -0.2) is 0 Å². The molecule has 0 aromatic carbocycles. The maximum Gasteiger partial charge on any atom is 0.0486 e. The topological polar surface area (TPSA) is 71.1 Å². The van der Waals surface area contributed by atoms with Crippen LogP contribution in [0.3, 0.4) is 0 Å². The summed E-state index contributed by atoms with van der Waals surface area (Å²) in [6, 6.07) is 0. The molecule has 10 heteroatoms. The maximum absolute atomic E-state index is 5.58. The largest absolute Gasteiger partial charge is 0.381 e. The lowest BCUT2D eigenvalue weighted by atomic mass is 9.66. The van der Waals surface area contributed by atoms with Crippen LogP contribution in [0.2, 0.25) is 0 Å². The summed E-state index contributed by atoms with van der Waals surface area (Å²) in [5, 5.41) is 3.66. The predicted molar refractivity (Wildman–Crippen MR) is 324 cm³/mol. The van der Waals surface area contributed by atoms with Crippen LogP contribution in [0.15, 0.2) is 23.3 Å². The van der Waals surface area contributed by atoms with Crippen LogP contribution in [0.5, 0.6) is 0 Å². The molecule has 0 aromatic rings. The van der Waals surface area contributed by atoms with Gasteiger partial charge in [-0.3, -0.25) is 19.6 Å². The van der Waals surface area contributed by atoms with Gasteiger partial charge in [-0.2, -0.15) is 0 Å². The number of nitrogens with zero attached hydrogens (tertiary/aromatic N) is 4. The molecule has 0 radical (unpaired) electrons. The normalized spacial score (nSPS) is 28.8. The van der Waals surface area contributed by atoms with Crippen LogP contribution in [0.1, 0.15) is 215 Å². The van der Waals surface area contributed by atoms with Gasteiger partial charge in [-0.1, -0.05) is 144 Å². The Kier molecular flexibility index (Phi) is 27.0. The highest BCUT2D eigenvalue weighted by molar-refractivity contribution is 5.33. The number of rotatable bonds is 4. The van der Waals surface area contributed by atoms with Gasteiger partial charge in [0, 0.05) is 107 Å². The van der Waals surface area contributed by atoms with Crippen molar-refractivity contribution in [2.75, 3.05) is 125 Å². The summed E-state index contributed by atoms with van der Waals surface area (Å²) in [6.45, 7) is 63.5. The first-order chi connectivity index (χ1) is 36.1. The highest BCUT2D eigenvalue weighted by Crippen LogP contribution is 2.51. The van der Waals surface area contributed by atoms with Crippen molar-refractivity contribution in [2.45, 2.75) is 243 Å². The van der Waals surface area contributed by atoms with E-state index in [4.69, 9.17) is 23.7 Å². The molecule has 10 aliphatic heterocycles. The van der Waals surface area contributed by atoms with E-state index >= 15 is 0 Å². The SMILES string of the molecule is CC.CC.CC(C)(C)C1=CCNC12CCOCC2.CCN1CC=C(C(C)(C)C)C12CCOCC2.CCN1CCC(C(C)(C)C)C12CCOCC2.CCN1CC[C@@H](C)C12CCOCC2.CCN1CC[C@H](C)C12CCOCC2. The van der Waals surface area contributed by atoms with Crippen molar-refractivity contribution < 1.29 is 23.7 Å². The fourth-order valence-corrected chi connectivity index (χ4v) is 16.7. The summed E-state index contributed by atoms with van der Waals surface area (Å²) in [5.74, 6) is 2.58. The van der Waals surface area contributed by atoms with E-state index in [9.17, 15) is 0 Å². The van der Waals surface area contributed by atoms with Crippen LogP contribution in [-0.2, 0) is 23.7 Å². The summed E-state index contributed by atoms with van der Waals surface area (Å²) in [7, 11) is 0. The monoisotopic (exact) mass is 1070 g/mol. The van der Waals surface area contributed by atoms with Crippen LogP contribution in [0.4, 0.5) is 0 Å². The second-order valence-electron chi connectivity index (χ2n) is 27.0. The lowest BCUT2D eigenvalue weighted by Crippen LogP contribution is -2.54. The van der Waals surface area contributed by atoms with Crippen molar-refractivity contribution in [2.24, 2.45) is 34.0 Å². The molecule has 5 spiro atoms. The highest BCUT2D eigenvalue weighted by Gasteiger charge is 2.53. The van der Waals surface area contributed by atoms with E-state index in [-0.39, 0.29) is 5.54 Å². The Hall–Kier alpha value is -0.920. The summed E-state index contributed by atoms with van der Waals surface area (Å²) in [4.78, 5) is 10.7. The van der Waals surface area contributed by atoms with Crippen molar-refractivity contribution in [1.82, 2.24) is 24.9 Å². The number of hydrogen-bond donors (Lipinski definition) is 1. The Morgan fingerprint density at radius 1 is 0.447 bits per heavy atom. The molecule has 10 nitrogen and oxygen atoms in total. The number of hydrogen-bond acceptors (Lipinski definition) is 10. The predicted octanol–water partition coefficient (Wildman–Crippen LogP) is 13.7. The van der Waals surface area contributed by atoms with Gasteiger partial charge >= 0.3 is 0 Å². The van der Waals surface area contributed by atoms with Crippen LogP contribution in [0.25, 0.3) is 0 Å². The number of nitrogens with one attached hydrogen (secondary N) is 1. The molecule has 0 aromatic heterocycles. The van der Waals surface area contributed by atoms with Gasteiger partial charge in [0.1, 0.15) is 0 Å². The first-order valence-corrected chi connectivity index (χ1v) is 32.2. The minimum Gasteiger partial charge on any atom is -0.381 e. The Bertz CT molecular complexity index is 1640. The van der Waals surface area contributed by atoms with Crippen LogP contribution >= 0.6 is 0 Å². The van der Waals surface area contributed by atoms with E-state index in [1.807, 2.05) is 27.7 Å². The number of likely N-dealkylation sites (N-methyl/N-ethyl adjacent to an activating group) is 1. The Morgan fingerprint density at radius 2 is 0.789 bits per heavy atom. The number of ether oxygens (including phenoxy) is 5. The average molecular weight is 1070 g/mol. The first-order valence-electron chi connectivity index (χ1n) is 32.2. The summed E-state index contributed by atoms with van der Waals surface area (Å²) in [5.41, 5.74) is 6.29. The molecular formula is C66H127N5O5. The molecule has 10 aliphatic rings. The van der Waals surface area contributed by atoms with E-state index in [0.717, 1.165) is 116 Å². The van der Waals surface area contributed by atoms with Gasteiger partial charge < -0.3 is 29.0 Å². The third kappa shape index (κ3) is 15.6. The Balaban J connectivity index is 0.000000202. The molecule has 0 bridgehead atoms. The Morgan fingerprint density at radius 3 is 1.16 bits per heavy atom. The standard InChI is InChI=1S/C14H27NO.C14H25NO.C12H21NO.2C11H21NO.2C2H6/c2*1-5-15-9-6-12(13(2,3)4)14(15)7-10-16-11-8-14;1-11(2,3)10-4-7-13-12(10)5-8-14-9-6-12;2*1-3-12-7-4-10(2)11(12)5-8-13-9-6-11;2*1-2/h12H,5-11H2,1-4H3;6H,5,7-11H2,1-4H3;4,13H,5-9H2,1-3H3;2*10H,3-9H2,1-2H3;2*1-2H3/t;;;2*10-;;/m...10../s1. The molecule has 10 rings (SSSR count). The molecular weight excluding hydrogens is 943 g/mol. The molecule has 0 aliphatic carbocycles. The van der Waals surface area contributed by atoms with Gasteiger partial charge in [0.15, 0.2) is 0 Å². The minimum atomic E-state index is 0.260. The fourth-order valence-electron chi connectivity index (χ4n) is 16.7. The molecule has 1 N–H and O–H groups in total. The van der Waals surface area contributed by atoms with Crippen molar-refractivity contribution >= 4 is 0 Å². The van der Waals surface area contributed by atoms with Crippen molar-refractivity contribution in [3.8, 4) is 0 Å². The first kappa shape index (κ1) is 67.6. The van der Waals surface area contributed by atoms with Crippen LogP contribution < -0.4 is 5.32 Å². The lowest BCUT2D eigenvalue weighted by molar-refractivity contribution is -0.0481. The van der Waals surface area contributed by atoms with Gasteiger partial charge in [-0.15, -0.1) is 0 Å². The molecule has 8 fully saturated rings. The molecule has 446 valence electrons. The van der Waals surface area contributed by atoms with Gasteiger partial charge in [-0.05, 0) is 174 Å². The molecule has 0 amide bonds. The van der Waals surface area contributed by atoms with E-state index < -0.39 is 0 Å². The highest BCUT2D eigenvalue weighted by atomic mass is 16.5. The third-order valence-corrected chi connectivity index (χ3v) is 20.5. The average Bonchev–Trinajstić information content (AvgIpc) is 4.23. The van der Waals surface area contributed by atoms with E-state index in [1.54, 1.807) is 11.1 Å². The summed E-state index contributed by atoms with van der Waals surface area (Å²) >= 11 is 0. The van der Waals surface area contributed by atoms with Crippen molar-refractivity contribution in [3.63, 3.8) is 0 Å². The van der Waals surface area contributed by atoms with E-state index in [0.29, 0.717) is 38.4 Å². The second-order valence-corrected chi connectivity index (χ2v) is 27.0.